The zero-order chi connectivity index (χ0) is 13.4. The van der Waals surface area contributed by atoms with Gasteiger partial charge in [0.1, 0.15) is 17.6 Å². The molecule has 0 spiro atoms. The van der Waals surface area contributed by atoms with Crippen LogP contribution < -0.4 is 4.74 Å². The Morgan fingerprint density at radius 2 is 1.84 bits per heavy atom. The first-order valence-electron chi connectivity index (χ1n) is 6.70. The van der Waals surface area contributed by atoms with Gasteiger partial charge >= 0.3 is 0 Å². The van der Waals surface area contributed by atoms with E-state index in [1.807, 2.05) is 6.07 Å². The Labute approximate surface area is 113 Å². The lowest BCUT2D eigenvalue weighted by Gasteiger charge is -2.28. The van der Waals surface area contributed by atoms with Crippen LogP contribution in [0, 0.1) is 13.8 Å². The Balaban J connectivity index is 1.96. The summed E-state index contributed by atoms with van der Waals surface area (Å²) in [6, 6.07) is 11.7. The minimum absolute atomic E-state index is 0.123. The van der Waals surface area contributed by atoms with Crippen molar-refractivity contribution in [1.82, 2.24) is 0 Å². The first-order valence-corrected chi connectivity index (χ1v) is 6.70. The number of fused-ring (bicyclic) bond motifs is 1. The Hall–Kier alpha value is -1.96. The molecule has 0 unspecified atom stereocenters. The number of phenolic OH excluding ortho intramolecular Hbond substituents is 1. The molecule has 0 saturated carbocycles. The molecule has 2 aromatic rings. The van der Waals surface area contributed by atoms with Crippen LogP contribution in [0.5, 0.6) is 11.5 Å². The molecular formula is C17H18O2. The number of benzene rings is 2. The van der Waals surface area contributed by atoms with Crippen LogP contribution in [-0.4, -0.2) is 5.11 Å². The summed E-state index contributed by atoms with van der Waals surface area (Å²) in [6.07, 6.45) is 2.03. The maximum absolute atomic E-state index is 9.50. The summed E-state index contributed by atoms with van der Waals surface area (Å²) in [7, 11) is 0. The third kappa shape index (κ3) is 2.19. The van der Waals surface area contributed by atoms with Crippen LogP contribution in [-0.2, 0) is 6.42 Å². The van der Waals surface area contributed by atoms with Gasteiger partial charge in [0.05, 0.1) is 0 Å². The summed E-state index contributed by atoms with van der Waals surface area (Å²) >= 11 is 0. The molecule has 0 aliphatic carbocycles. The molecule has 0 amide bonds. The van der Waals surface area contributed by atoms with Gasteiger partial charge < -0.3 is 9.84 Å². The molecule has 0 saturated heterocycles. The zero-order valence-electron chi connectivity index (χ0n) is 11.3. The third-order valence-corrected chi connectivity index (χ3v) is 3.85. The van der Waals surface area contributed by atoms with Crippen LogP contribution in [0.3, 0.4) is 0 Å². The van der Waals surface area contributed by atoms with Crippen LogP contribution in [0.2, 0.25) is 0 Å². The van der Waals surface area contributed by atoms with E-state index in [0.717, 1.165) is 24.2 Å². The molecule has 1 heterocycles. The second-order valence-corrected chi connectivity index (χ2v) is 5.24. The van der Waals surface area contributed by atoms with E-state index in [9.17, 15) is 5.11 Å². The lowest BCUT2D eigenvalue weighted by Crippen LogP contribution is -2.17. The summed E-state index contributed by atoms with van der Waals surface area (Å²) in [4.78, 5) is 0. The fourth-order valence-electron chi connectivity index (χ4n) is 2.91. The van der Waals surface area contributed by atoms with Gasteiger partial charge in [-0.05, 0) is 67.1 Å². The molecule has 2 aromatic carbocycles. The summed E-state index contributed by atoms with van der Waals surface area (Å²) in [5, 5.41) is 9.50. The average molecular weight is 254 g/mol. The van der Waals surface area contributed by atoms with Gasteiger partial charge in [0.2, 0.25) is 0 Å². The second-order valence-electron chi connectivity index (χ2n) is 5.24. The number of ether oxygens (including phenoxy) is 1. The van der Waals surface area contributed by atoms with Crippen LogP contribution in [0.15, 0.2) is 36.4 Å². The molecule has 1 atom stereocenters. The molecule has 0 fully saturated rings. The molecule has 19 heavy (non-hydrogen) atoms. The predicted octanol–water partition coefficient (Wildman–Crippen LogP) is 4.08. The van der Waals surface area contributed by atoms with Crippen molar-refractivity contribution in [3.8, 4) is 11.5 Å². The number of hydrogen-bond donors (Lipinski definition) is 1. The topological polar surface area (TPSA) is 29.5 Å². The van der Waals surface area contributed by atoms with E-state index in [1.165, 1.54) is 16.7 Å². The Morgan fingerprint density at radius 1 is 1.11 bits per heavy atom. The van der Waals surface area contributed by atoms with Crippen molar-refractivity contribution in [1.29, 1.82) is 0 Å². The standard InChI is InChI=1S/C17H18O2/c1-11-4-3-5-12(2)17(11)16-8-6-13-10-14(18)7-9-15(13)19-16/h3-5,7,9-10,16,18H,6,8H2,1-2H3/t16-/m0/s1. The van der Waals surface area contributed by atoms with Gasteiger partial charge in [0.25, 0.3) is 0 Å². The fourth-order valence-corrected chi connectivity index (χ4v) is 2.91. The predicted molar refractivity (Wildman–Crippen MR) is 75.7 cm³/mol. The molecular weight excluding hydrogens is 236 g/mol. The van der Waals surface area contributed by atoms with Gasteiger partial charge in [0, 0.05) is 0 Å². The summed E-state index contributed by atoms with van der Waals surface area (Å²) < 4.78 is 6.12. The zero-order valence-corrected chi connectivity index (χ0v) is 11.3. The van der Waals surface area contributed by atoms with Crippen LogP contribution >= 0.6 is 0 Å². The van der Waals surface area contributed by atoms with E-state index in [2.05, 4.69) is 32.0 Å². The van der Waals surface area contributed by atoms with Gasteiger partial charge in [-0.25, -0.2) is 0 Å². The summed E-state index contributed by atoms with van der Waals surface area (Å²) in [6.45, 7) is 4.27. The SMILES string of the molecule is Cc1cccc(C)c1[C@@H]1CCc2cc(O)ccc2O1. The lowest BCUT2D eigenvalue weighted by atomic mass is 9.92. The number of rotatable bonds is 1. The highest BCUT2D eigenvalue weighted by atomic mass is 16.5. The number of aromatic hydroxyl groups is 1. The molecule has 0 aromatic heterocycles. The van der Waals surface area contributed by atoms with E-state index in [1.54, 1.807) is 12.1 Å². The molecule has 98 valence electrons. The minimum Gasteiger partial charge on any atom is -0.508 e. The minimum atomic E-state index is 0.123. The highest BCUT2D eigenvalue weighted by Gasteiger charge is 2.23. The van der Waals surface area contributed by atoms with E-state index >= 15 is 0 Å². The molecule has 0 radical (unpaired) electrons. The van der Waals surface area contributed by atoms with Crippen molar-refractivity contribution in [2.75, 3.05) is 0 Å². The first-order chi connectivity index (χ1) is 9.15. The van der Waals surface area contributed by atoms with E-state index in [-0.39, 0.29) is 6.10 Å². The smallest absolute Gasteiger partial charge is 0.125 e. The Kier molecular flexibility index (Phi) is 2.94. The molecule has 0 bridgehead atoms. The van der Waals surface area contributed by atoms with E-state index in [0.29, 0.717) is 5.75 Å². The van der Waals surface area contributed by atoms with Crippen molar-refractivity contribution < 1.29 is 9.84 Å². The largest absolute Gasteiger partial charge is 0.508 e. The summed E-state index contributed by atoms with van der Waals surface area (Å²) in [5.74, 6) is 1.21. The first kappa shape index (κ1) is 12.1. The highest BCUT2D eigenvalue weighted by molar-refractivity contribution is 5.43. The van der Waals surface area contributed by atoms with E-state index < -0.39 is 0 Å². The molecule has 2 nitrogen and oxygen atoms in total. The fraction of sp³-hybridized carbons (Fsp3) is 0.294. The molecule has 2 heteroatoms. The van der Waals surface area contributed by atoms with Crippen molar-refractivity contribution in [3.63, 3.8) is 0 Å². The molecule has 3 rings (SSSR count). The van der Waals surface area contributed by atoms with Gasteiger partial charge in [-0.3, -0.25) is 0 Å². The number of phenols is 1. The van der Waals surface area contributed by atoms with Gasteiger partial charge in [-0.1, -0.05) is 18.2 Å². The van der Waals surface area contributed by atoms with Crippen LogP contribution in [0.4, 0.5) is 0 Å². The Bertz CT molecular complexity index is 596. The molecule has 1 aliphatic heterocycles. The molecule has 1 aliphatic rings. The second kappa shape index (κ2) is 4.61. The lowest BCUT2D eigenvalue weighted by molar-refractivity contribution is 0.175. The van der Waals surface area contributed by atoms with Crippen molar-refractivity contribution >= 4 is 0 Å². The third-order valence-electron chi connectivity index (χ3n) is 3.85. The number of aryl methyl sites for hydroxylation is 3. The normalized spacial score (nSPS) is 17.7. The van der Waals surface area contributed by atoms with Crippen LogP contribution in [0.25, 0.3) is 0 Å². The maximum atomic E-state index is 9.50. The van der Waals surface area contributed by atoms with E-state index in [4.69, 9.17) is 4.74 Å². The molecule has 1 N–H and O–H groups in total. The quantitative estimate of drug-likeness (QED) is 0.831. The Morgan fingerprint density at radius 3 is 2.58 bits per heavy atom. The average Bonchev–Trinajstić information content (AvgIpc) is 2.38. The monoisotopic (exact) mass is 254 g/mol. The van der Waals surface area contributed by atoms with Crippen molar-refractivity contribution in [3.05, 3.63) is 58.7 Å². The van der Waals surface area contributed by atoms with Gasteiger partial charge in [-0.15, -0.1) is 0 Å². The van der Waals surface area contributed by atoms with Gasteiger partial charge in [0.15, 0.2) is 0 Å². The van der Waals surface area contributed by atoms with Gasteiger partial charge in [-0.2, -0.15) is 0 Å². The highest BCUT2D eigenvalue weighted by Crippen LogP contribution is 2.38. The number of hydrogen-bond acceptors (Lipinski definition) is 2. The summed E-state index contributed by atoms with van der Waals surface area (Å²) in [5.41, 5.74) is 4.98. The maximum Gasteiger partial charge on any atom is 0.125 e. The van der Waals surface area contributed by atoms with Crippen LogP contribution in [0.1, 0.15) is 34.8 Å². The van der Waals surface area contributed by atoms with Crippen molar-refractivity contribution in [2.45, 2.75) is 32.8 Å². The van der Waals surface area contributed by atoms with Crippen molar-refractivity contribution in [2.24, 2.45) is 0 Å².